The summed E-state index contributed by atoms with van der Waals surface area (Å²) < 4.78 is 0. The minimum atomic E-state index is -0.276. The summed E-state index contributed by atoms with van der Waals surface area (Å²) in [6, 6.07) is 0. The van der Waals surface area contributed by atoms with Gasteiger partial charge in [-0.3, -0.25) is 0 Å². The Balaban J connectivity index is 3.04. The fourth-order valence-electron chi connectivity index (χ4n) is 0.615. The van der Waals surface area contributed by atoms with E-state index < -0.39 is 0 Å². The summed E-state index contributed by atoms with van der Waals surface area (Å²) in [6.45, 7) is 3.93. The summed E-state index contributed by atoms with van der Waals surface area (Å²) in [5.74, 6) is 0. The average molecular weight is 128 g/mol. The summed E-state index contributed by atoms with van der Waals surface area (Å²) in [5, 5.41) is 8.76. The largest absolute Gasteiger partial charge is 0.389 e. The van der Waals surface area contributed by atoms with E-state index in [2.05, 4.69) is 6.92 Å². The van der Waals surface area contributed by atoms with Crippen molar-refractivity contribution < 1.29 is 5.11 Å². The van der Waals surface area contributed by atoms with Gasteiger partial charge in [0.05, 0.1) is 6.10 Å². The first-order valence-electron chi connectivity index (χ1n) is 3.62. The summed E-state index contributed by atoms with van der Waals surface area (Å²) in [7, 11) is 0. The second kappa shape index (κ2) is 5.83. The predicted molar refractivity (Wildman–Crippen MR) is 40.3 cm³/mol. The smallest absolute Gasteiger partial charge is 0.0692 e. The van der Waals surface area contributed by atoms with Gasteiger partial charge in [-0.05, 0) is 13.3 Å². The van der Waals surface area contributed by atoms with E-state index in [0.717, 1.165) is 6.42 Å². The van der Waals surface area contributed by atoms with Crippen LogP contribution in [0.15, 0.2) is 12.2 Å². The molecule has 0 aliphatic carbocycles. The molecule has 0 spiro atoms. The van der Waals surface area contributed by atoms with Gasteiger partial charge in [-0.15, -0.1) is 0 Å². The molecule has 0 bridgehead atoms. The molecule has 1 atom stereocenters. The van der Waals surface area contributed by atoms with E-state index in [1.807, 2.05) is 12.2 Å². The molecular weight excluding hydrogens is 112 g/mol. The number of hydrogen-bond acceptors (Lipinski definition) is 1. The van der Waals surface area contributed by atoms with Crippen molar-refractivity contribution in [2.45, 2.75) is 39.2 Å². The minimum absolute atomic E-state index is 0.276. The monoisotopic (exact) mass is 128 g/mol. The van der Waals surface area contributed by atoms with Gasteiger partial charge in [0.1, 0.15) is 0 Å². The van der Waals surface area contributed by atoms with Crippen molar-refractivity contribution in [1.82, 2.24) is 0 Å². The van der Waals surface area contributed by atoms with E-state index in [1.165, 1.54) is 12.8 Å². The number of hydrogen-bond donors (Lipinski definition) is 1. The summed E-state index contributed by atoms with van der Waals surface area (Å²) >= 11 is 0. The zero-order chi connectivity index (χ0) is 7.11. The molecule has 1 nitrogen and oxygen atoms in total. The van der Waals surface area contributed by atoms with Gasteiger partial charge in [0, 0.05) is 0 Å². The molecule has 9 heavy (non-hydrogen) atoms. The number of unbranched alkanes of at least 4 members (excludes halogenated alkanes) is 2. The minimum Gasteiger partial charge on any atom is -0.389 e. The summed E-state index contributed by atoms with van der Waals surface area (Å²) in [6.07, 6.45) is 7.14. The molecule has 0 aliphatic rings. The van der Waals surface area contributed by atoms with Crippen LogP contribution in [-0.2, 0) is 0 Å². The SMILES string of the molecule is CCCCC=C[C@H](C)O. The van der Waals surface area contributed by atoms with Crippen LogP contribution in [0.4, 0.5) is 0 Å². The lowest BCUT2D eigenvalue weighted by Crippen LogP contribution is -1.91. The van der Waals surface area contributed by atoms with Crippen LogP contribution in [0.5, 0.6) is 0 Å². The van der Waals surface area contributed by atoms with Gasteiger partial charge in [-0.1, -0.05) is 31.9 Å². The third kappa shape index (κ3) is 7.70. The number of aliphatic hydroxyl groups excluding tert-OH is 1. The number of rotatable bonds is 4. The first kappa shape index (κ1) is 8.70. The molecule has 0 aromatic heterocycles. The van der Waals surface area contributed by atoms with Crippen molar-refractivity contribution in [2.75, 3.05) is 0 Å². The van der Waals surface area contributed by atoms with Gasteiger partial charge >= 0.3 is 0 Å². The second-order valence-corrected chi connectivity index (χ2v) is 2.31. The fourth-order valence-corrected chi connectivity index (χ4v) is 0.615. The van der Waals surface area contributed by atoms with Gasteiger partial charge in [0.25, 0.3) is 0 Å². The van der Waals surface area contributed by atoms with Gasteiger partial charge in [-0.2, -0.15) is 0 Å². The Morgan fingerprint density at radius 3 is 2.67 bits per heavy atom. The van der Waals surface area contributed by atoms with Crippen LogP contribution in [0, 0.1) is 0 Å². The van der Waals surface area contributed by atoms with E-state index in [0.29, 0.717) is 0 Å². The first-order chi connectivity index (χ1) is 4.27. The number of aliphatic hydroxyl groups is 1. The highest BCUT2D eigenvalue weighted by Gasteiger charge is 1.83. The lowest BCUT2D eigenvalue weighted by atomic mass is 10.2. The van der Waals surface area contributed by atoms with Gasteiger partial charge in [-0.25, -0.2) is 0 Å². The zero-order valence-electron chi connectivity index (χ0n) is 6.30. The van der Waals surface area contributed by atoms with Crippen molar-refractivity contribution in [3.8, 4) is 0 Å². The average Bonchev–Trinajstić information content (AvgIpc) is 1.80. The molecule has 1 N–H and O–H groups in total. The van der Waals surface area contributed by atoms with Crippen molar-refractivity contribution in [3.63, 3.8) is 0 Å². The quantitative estimate of drug-likeness (QED) is 0.454. The highest BCUT2D eigenvalue weighted by Crippen LogP contribution is 1.95. The van der Waals surface area contributed by atoms with Crippen LogP contribution in [0.2, 0.25) is 0 Å². The maximum atomic E-state index is 8.76. The molecule has 0 fully saturated rings. The van der Waals surface area contributed by atoms with Gasteiger partial charge in [0.15, 0.2) is 0 Å². The van der Waals surface area contributed by atoms with Gasteiger partial charge < -0.3 is 5.11 Å². The highest BCUT2D eigenvalue weighted by atomic mass is 16.3. The molecule has 0 aliphatic heterocycles. The third-order valence-corrected chi connectivity index (χ3v) is 1.14. The zero-order valence-corrected chi connectivity index (χ0v) is 6.30. The summed E-state index contributed by atoms with van der Waals surface area (Å²) in [4.78, 5) is 0. The normalized spacial score (nSPS) is 14.6. The molecule has 0 unspecified atom stereocenters. The van der Waals surface area contributed by atoms with E-state index in [1.54, 1.807) is 6.92 Å². The molecule has 0 aromatic carbocycles. The van der Waals surface area contributed by atoms with Crippen LogP contribution in [0.3, 0.4) is 0 Å². The Labute approximate surface area is 57.4 Å². The van der Waals surface area contributed by atoms with E-state index in [9.17, 15) is 0 Å². The van der Waals surface area contributed by atoms with Crippen molar-refractivity contribution in [3.05, 3.63) is 12.2 Å². The Kier molecular flexibility index (Phi) is 5.64. The molecule has 0 amide bonds. The molecular formula is C8H16O. The van der Waals surface area contributed by atoms with Crippen molar-refractivity contribution in [2.24, 2.45) is 0 Å². The molecule has 0 saturated heterocycles. The standard InChI is InChI=1S/C8H16O/c1-3-4-5-6-7-8(2)9/h6-9H,3-5H2,1-2H3/t8-/m0/s1. The molecule has 0 radical (unpaired) electrons. The number of allylic oxidation sites excluding steroid dienone is 1. The second-order valence-electron chi connectivity index (χ2n) is 2.31. The van der Waals surface area contributed by atoms with Gasteiger partial charge in [0.2, 0.25) is 0 Å². The Hall–Kier alpha value is -0.300. The Morgan fingerprint density at radius 2 is 2.22 bits per heavy atom. The fraction of sp³-hybridized carbons (Fsp3) is 0.750. The highest BCUT2D eigenvalue weighted by molar-refractivity contribution is 4.85. The molecule has 1 heteroatoms. The predicted octanol–water partition coefficient (Wildman–Crippen LogP) is 2.11. The van der Waals surface area contributed by atoms with Crippen molar-refractivity contribution >= 4 is 0 Å². The topological polar surface area (TPSA) is 20.2 Å². The molecule has 0 aromatic rings. The van der Waals surface area contributed by atoms with Crippen molar-refractivity contribution in [1.29, 1.82) is 0 Å². The van der Waals surface area contributed by atoms with E-state index in [4.69, 9.17) is 5.11 Å². The molecule has 0 rings (SSSR count). The molecule has 54 valence electrons. The lowest BCUT2D eigenvalue weighted by Gasteiger charge is -1.92. The summed E-state index contributed by atoms with van der Waals surface area (Å²) in [5.41, 5.74) is 0. The van der Waals surface area contributed by atoms with E-state index >= 15 is 0 Å². The van der Waals surface area contributed by atoms with Crippen LogP contribution in [-0.4, -0.2) is 11.2 Å². The molecule has 0 saturated carbocycles. The molecule has 0 heterocycles. The lowest BCUT2D eigenvalue weighted by molar-refractivity contribution is 0.244. The van der Waals surface area contributed by atoms with Crippen LogP contribution < -0.4 is 0 Å². The maximum absolute atomic E-state index is 8.76. The Bertz CT molecular complexity index is 74.6. The van der Waals surface area contributed by atoms with Crippen LogP contribution in [0.25, 0.3) is 0 Å². The third-order valence-electron chi connectivity index (χ3n) is 1.14. The van der Waals surface area contributed by atoms with Crippen LogP contribution >= 0.6 is 0 Å². The van der Waals surface area contributed by atoms with E-state index in [-0.39, 0.29) is 6.10 Å². The van der Waals surface area contributed by atoms with Crippen LogP contribution in [0.1, 0.15) is 33.1 Å². The Morgan fingerprint density at radius 1 is 1.56 bits per heavy atom. The maximum Gasteiger partial charge on any atom is 0.0692 e. The first-order valence-corrected chi connectivity index (χ1v) is 3.62.